The molecule has 132 valence electrons. The summed E-state index contributed by atoms with van der Waals surface area (Å²) < 4.78 is 5.89. The zero-order valence-electron chi connectivity index (χ0n) is 14.3. The molecule has 1 heterocycles. The van der Waals surface area contributed by atoms with Gasteiger partial charge in [0, 0.05) is 12.8 Å². The number of carbonyl (C=O) groups excluding carboxylic acids is 1. The van der Waals surface area contributed by atoms with Crippen LogP contribution in [-0.2, 0) is 15.1 Å². The molecule has 5 heteroatoms. The molecular formula is C21H20N2O3. The van der Waals surface area contributed by atoms with E-state index in [0.717, 1.165) is 18.7 Å². The van der Waals surface area contributed by atoms with Gasteiger partial charge < -0.3 is 15.2 Å². The number of piperidine rings is 1. The van der Waals surface area contributed by atoms with Crippen LogP contribution in [0.3, 0.4) is 0 Å². The molecule has 1 aliphatic rings. The number of ether oxygens (including phenoxy) is 1. The first-order chi connectivity index (χ1) is 12.6. The van der Waals surface area contributed by atoms with Gasteiger partial charge in [-0.05, 0) is 42.4 Å². The van der Waals surface area contributed by atoms with Gasteiger partial charge in [-0.1, -0.05) is 42.5 Å². The number of nitriles is 1. The first-order valence-corrected chi connectivity index (χ1v) is 8.53. The van der Waals surface area contributed by atoms with Gasteiger partial charge in [0.15, 0.2) is 0 Å². The molecule has 0 atom stereocenters. The Bertz CT molecular complexity index is 830. The lowest BCUT2D eigenvalue weighted by atomic mass is 9.84. The smallest absolute Gasteiger partial charge is 0.349 e. The number of nitrogens with one attached hydrogen (secondary N) is 1. The second kappa shape index (κ2) is 7.85. The maximum absolute atomic E-state index is 12.7. The predicted molar refractivity (Wildman–Crippen MR) is 98.0 cm³/mol. The van der Waals surface area contributed by atoms with E-state index in [-0.39, 0.29) is 11.3 Å². The molecule has 0 spiro atoms. The SMILES string of the molecule is N#C/C(=C\c1ccc(O)cc1)C(=O)OC1(c2ccccc2)CCNCC1. The van der Waals surface area contributed by atoms with Gasteiger partial charge in [-0.2, -0.15) is 5.26 Å². The molecule has 0 bridgehead atoms. The number of rotatable bonds is 4. The van der Waals surface area contributed by atoms with Crippen LogP contribution in [0.15, 0.2) is 60.2 Å². The van der Waals surface area contributed by atoms with Crippen LogP contribution in [0.1, 0.15) is 24.0 Å². The lowest BCUT2D eigenvalue weighted by Crippen LogP contribution is -2.43. The lowest BCUT2D eigenvalue weighted by molar-refractivity contribution is -0.158. The van der Waals surface area contributed by atoms with Crippen LogP contribution in [0.5, 0.6) is 5.75 Å². The second-order valence-corrected chi connectivity index (χ2v) is 6.26. The highest BCUT2D eigenvalue weighted by molar-refractivity contribution is 5.98. The van der Waals surface area contributed by atoms with Gasteiger partial charge in [-0.25, -0.2) is 4.79 Å². The molecule has 1 fully saturated rings. The molecule has 2 aromatic carbocycles. The maximum atomic E-state index is 12.7. The standard InChI is InChI=1S/C21H20N2O3/c22-15-17(14-16-6-8-19(24)9-7-16)20(25)26-21(10-12-23-13-11-21)18-4-2-1-3-5-18/h1-9,14,23-24H,10-13H2/b17-14+. The average Bonchev–Trinajstić information content (AvgIpc) is 2.69. The third kappa shape index (κ3) is 3.93. The van der Waals surface area contributed by atoms with Crippen molar-refractivity contribution in [3.05, 3.63) is 71.3 Å². The van der Waals surface area contributed by atoms with Gasteiger partial charge in [0.2, 0.25) is 0 Å². The largest absolute Gasteiger partial charge is 0.508 e. The molecule has 0 saturated carbocycles. The Labute approximate surface area is 152 Å². The number of phenolic OH excluding ortho intramolecular Hbond substituents is 1. The summed E-state index contributed by atoms with van der Waals surface area (Å²) in [7, 11) is 0. The molecule has 3 rings (SSSR count). The third-order valence-corrected chi connectivity index (χ3v) is 4.54. The van der Waals surface area contributed by atoms with E-state index in [0.29, 0.717) is 18.4 Å². The van der Waals surface area contributed by atoms with Crippen LogP contribution in [0, 0.1) is 11.3 Å². The Morgan fingerprint density at radius 2 is 1.77 bits per heavy atom. The molecule has 2 N–H and O–H groups in total. The summed E-state index contributed by atoms with van der Waals surface area (Å²) in [5.74, 6) is -0.507. The van der Waals surface area contributed by atoms with Crippen molar-refractivity contribution in [2.24, 2.45) is 0 Å². The maximum Gasteiger partial charge on any atom is 0.349 e. The van der Waals surface area contributed by atoms with Crippen molar-refractivity contribution in [1.82, 2.24) is 5.32 Å². The highest BCUT2D eigenvalue weighted by Gasteiger charge is 2.38. The Morgan fingerprint density at radius 3 is 2.38 bits per heavy atom. The predicted octanol–water partition coefficient (Wildman–Crippen LogP) is 3.12. The van der Waals surface area contributed by atoms with Gasteiger partial charge in [0.05, 0.1) is 0 Å². The van der Waals surface area contributed by atoms with Crippen LogP contribution in [0.25, 0.3) is 6.08 Å². The fourth-order valence-corrected chi connectivity index (χ4v) is 3.13. The van der Waals surface area contributed by atoms with E-state index in [1.807, 2.05) is 36.4 Å². The molecule has 0 aliphatic carbocycles. The zero-order valence-corrected chi connectivity index (χ0v) is 14.3. The molecular weight excluding hydrogens is 328 g/mol. The van der Waals surface area contributed by atoms with Crippen molar-refractivity contribution in [3.8, 4) is 11.8 Å². The van der Waals surface area contributed by atoms with Crippen molar-refractivity contribution < 1.29 is 14.6 Å². The van der Waals surface area contributed by atoms with E-state index in [2.05, 4.69) is 5.32 Å². The Morgan fingerprint density at radius 1 is 1.12 bits per heavy atom. The van der Waals surface area contributed by atoms with Gasteiger partial charge in [-0.15, -0.1) is 0 Å². The molecule has 0 radical (unpaired) electrons. The number of hydrogen-bond acceptors (Lipinski definition) is 5. The normalized spacial score (nSPS) is 16.5. The van der Waals surface area contributed by atoms with E-state index in [1.165, 1.54) is 18.2 Å². The zero-order chi connectivity index (χ0) is 18.4. The van der Waals surface area contributed by atoms with E-state index in [9.17, 15) is 15.2 Å². The molecule has 2 aromatic rings. The van der Waals surface area contributed by atoms with Gasteiger partial charge in [-0.3, -0.25) is 0 Å². The summed E-state index contributed by atoms with van der Waals surface area (Å²) in [5, 5.41) is 22.0. The molecule has 0 amide bonds. The van der Waals surface area contributed by atoms with Crippen molar-refractivity contribution in [1.29, 1.82) is 5.26 Å². The number of aromatic hydroxyl groups is 1. The van der Waals surface area contributed by atoms with Crippen molar-refractivity contribution in [2.45, 2.75) is 18.4 Å². The second-order valence-electron chi connectivity index (χ2n) is 6.26. The van der Waals surface area contributed by atoms with Crippen LogP contribution < -0.4 is 5.32 Å². The number of phenols is 1. The van der Waals surface area contributed by atoms with Crippen LogP contribution in [0.4, 0.5) is 0 Å². The van der Waals surface area contributed by atoms with Crippen LogP contribution in [0.2, 0.25) is 0 Å². The minimum Gasteiger partial charge on any atom is -0.508 e. The fourth-order valence-electron chi connectivity index (χ4n) is 3.13. The minimum absolute atomic E-state index is 0.0653. The number of carbonyl (C=O) groups is 1. The van der Waals surface area contributed by atoms with Crippen molar-refractivity contribution in [3.63, 3.8) is 0 Å². The van der Waals surface area contributed by atoms with Gasteiger partial charge in [0.1, 0.15) is 23.0 Å². The van der Waals surface area contributed by atoms with Crippen molar-refractivity contribution >= 4 is 12.0 Å². The molecule has 5 nitrogen and oxygen atoms in total. The highest BCUT2D eigenvalue weighted by Crippen LogP contribution is 2.35. The van der Waals surface area contributed by atoms with Crippen LogP contribution in [-0.4, -0.2) is 24.2 Å². The topological polar surface area (TPSA) is 82.3 Å². The number of nitrogens with zero attached hydrogens (tertiary/aromatic N) is 1. The monoisotopic (exact) mass is 348 g/mol. The summed E-state index contributed by atoms with van der Waals surface area (Å²) >= 11 is 0. The molecule has 1 saturated heterocycles. The van der Waals surface area contributed by atoms with E-state index >= 15 is 0 Å². The van der Waals surface area contributed by atoms with Gasteiger partial charge >= 0.3 is 5.97 Å². The Balaban J connectivity index is 1.87. The molecule has 26 heavy (non-hydrogen) atoms. The molecule has 0 unspecified atom stereocenters. The first kappa shape index (κ1) is 17.7. The molecule has 0 aromatic heterocycles. The summed E-state index contributed by atoms with van der Waals surface area (Å²) in [4.78, 5) is 12.7. The summed E-state index contributed by atoms with van der Waals surface area (Å²) in [5.41, 5.74) is 0.797. The summed E-state index contributed by atoms with van der Waals surface area (Å²) in [6, 6.07) is 17.9. The minimum atomic E-state index is -0.728. The third-order valence-electron chi connectivity index (χ3n) is 4.54. The Hall–Kier alpha value is -3.10. The lowest BCUT2D eigenvalue weighted by Gasteiger charge is -2.37. The summed E-state index contributed by atoms with van der Waals surface area (Å²) in [6.45, 7) is 1.48. The number of esters is 1. The fraction of sp³-hybridized carbons (Fsp3) is 0.238. The summed E-state index contributed by atoms with van der Waals surface area (Å²) in [6.07, 6.45) is 2.78. The van der Waals surface area contributed by atoms with Crippen molar-refractivity contribution in [2.75, 3.05) is 13.1 Å². The molecule has 1 aliphatic heterocycles. The van der Waals surface area contributed by atoms with Crippen LogP contribution >= 0.6 is 0 Å². The average molecular weight is 348 g/mol. The van der Waals surface area contributed by atoms with Gasteiger partial charge in [0.25, 0.3) is 0 Å². The quantitative estimate of drug-likeness (QED) is 0.504. The highest BCUT2D eigenvalue weighted by atomic mass is 16.6. The van der Waals surface area contributed by atoms with E-state index < -0.39 is 11.6 Å². The number of hydrogen-bond donors (Lipinski definition) is 2. The van der Waals surface area contributed by atoms with E-state index in [4.69, 9.17) is 4.74 Å². The number of benzene rings is 2. The Kier molecular flexibility index (Phi) is 5.35. The first-order valence-electron chi connectivity index (χ1n) is 8.53. The van der Waals surface area contributed by atoms with E-state index in [1.54, 1.807) is 12.1 Å².